The topological polar surface area (TPSA) is 102 Å². The van der Waals surface area contributed by atoms with Crippen molar-refractivity contribution >= 4 is 29.1 Å². The number of benzene rings is 3. The number of nitrogens with one attached hydrogen (secondary N) is 4. The molecular formula is C34H40N6O2S. The van der Waals surface area contributed by atoms with E-state index in [4.69, 9.17) is 12.2 Å². The van der Waals surface area contributed by atoms with Crippen LogP contribution in [0.25, 0.3) is 0 Å². The van der Waals surface area contributed by atoms with Crippen LogP contribution >= 0.6 is 12.2 Å². The highest BCUT2D eigenvalue weighted by Gasteiger charge is 2.29. The largest absolute Gasteiger partial charge is 0.359 e. The molecule has 4 aromatic rings. The first kappa shape index (κ1) is 31.4. The molecule has 224 valence electrons. The molecule has 3 aromatic carbocycles. The van der Waals surface area contributed by atoms with Gasteiger partial charge in [-0.25, -0.2) is 4.98 Å². The molecule has 4 rings (SSSR count). The Kier molecular flexibility index (Phi) is 11.0. The normalized spacial score (nSPS) is 11.8. The van der Waals surface area contributed by atoms with Crippen molar-refractivity contribution in [2.24, 2.45) is 0 Å². The van der Waals surface area contributed by atoms with E-state index in [-0.39, 0.29) is 30.3 Å². The number of carbonyl (C=O) groups is 2. The van der Waals surface area contributed by atoms with E-state index in [2.05, 4.69) is 51.9 Å². The van der Waals surface area contributed by atoms with Crippen molar-refractivity contribution in [3.05, 3.63) is 125 Å². The van der Waals surface area contributed by atoms with Crippen LogP contribution in [0.15, 0.2) is 97.5 Å². The maximum absolute atomic E-state index is 14.2. The lowest BCUT2D eigenvalue weighted by Crippen LogP contribution is -2.54. The van der Waals surface area contributed by atoms with Crippen LogP contribution in [0.3, 0.4) is 0 Å². The Morgan fingerprint density at radius 2 is 1.60 bits per heavy atom. The van der Waals surface area contributed by atoms with Crippen molar-refractivity contribution in [2.45, 2.75) is 51.7 Å². The maximum Gasteiger partial charge on any atom is 0.246 e. The van der Waals surface area contributed by atoms with E-state index in [0.29, 0.717) is 24.6 Å². The lowest BCUT2D eigenvalue weighted by molar-refractivity contribution is -0.138. The zero-order valence-corrected chi connectivity index (χ0v) is 25.8. The molecule has 4 N–H and O–H groups in total. The highest BCUT2D eigenvalue weighted by molar-refractivity contribution is 7.80. The summed E-state index contributed by atoms with van der Waals surface area (Å²) in [6.45, 7) is 7.33. The lowest BCUT2D eigenvalue weighted by atomic mass is 9.84. The molecule has 0 radical (unpaired) electrons. The van der Waals surface area contributed by atoms with E-state index in [0.717, 1.165) is 27.9 Å². The molecule has 1 heterocycles. The highest BCUT2D eigenvalue weighted by Crippen LogP contribution is 2.21. The number of hydrogen-bond acceptors (Lipinski definition) is 4. The summed E-state index contributed by atoms with van der Waals surface area (Å²) in [7, 11) is 0. The molecule has 8 nitrogen and oxygen atoms in total. The van der Waals surface area contributed by atoms with Gasteiger partial charge in [-0.15, -0.1) is 0 Å². The van der Waals surface area contributed by atoms with Gasteiger partial charge in [0.2, 0.25) is 11.8 Å². The van der Waals surface area contributed by atoms with Gasteiger partial charge in [0.25, 0.3) is 0 Å². The highest BCUT2D eigenvalue weighted by atomic mass is 32.1. The lowest BCUT2D eigenvalue weighted by Gasteiger charge is -2.30. The summed E-state index contributed by atoms with van der Waals surface area (Å²) >= 11 is 5.59. The van der Waals surface area contributed by atoms with Crippen LogP contribution in [0.1, 0.15) is 41.8 Å². The summed E-state index contributed by atoms with van der Waals surface area (Å²) < 4.78 is 0. The van der Waals surface area contributed by atoms with E-state index < -0.39 is 6.04 Å². The Hall–Kier alpha value is -4.50. The number of rotatable bonds is 13. The number of imidazole rings is 1. The van der Waals surface area contributed by atoms with E-state index in [1.54, 1.807) is 17.4 Å². The molecule has 2 amide bonds. The summed E-state index contributed by atoms with van der Waals surface area (Å²) in [5.74, 6) is -0.467. The number of carbonyl (C=O) groups excluding carboxylic acids is 2. The van der Waals surface area contributed by atoms with Gasteiger partial charge in [0.1, 0.15) is 6.04 Å². The van der Waals surface area contributed by atoms with Crippen LogP contribution < -0.4 is 16.0 Å². The van der Waals surface area contributed by atoms with Crippen molar-refractivity contribution in [1.29, 1.82) is 0 Å². The number of thiocarbonyl (C=S) groups is 1. The molecule has 0 saturated heterocycles. The average molecular weight is 597 g/mol. The van der Waals surface area contributed by atoms with E-state index in [1.807, 2.05) is 79.7 Å². The summed E-state index contributed by atoms with van der Waals surface area (Å²) in [6.07, 6.45) is 3.58. The third-order valence-corrected chi connectivity index (χ3v) is 7.56. The fourth-order valence-electron chi connectivity index (χ4n) is 4.69. The Morgan fingerprint density at radius 1 is 0.930 bits per heavy atom. The summed E-state index contributed by atoms with van der Waals surface area (Å²) in [5, 5.41) is 9.81. The number of aromatic nitrogens is 2. The first-order chi connectivity index (χ1) is 20.7. The van der Waals surface area contributed by atoms with E-state index in [1.165, 1.54) is 0 Å². The Morgan fingerprint density at radius 3 is 2.26 bits per heavy atom. The second kappa shape index (κ2) is 15.1. The molecule has 0 saturated carbocycles. The first-order valence-electron chi connectivity index (χ1n) is 14.4. The maximum atomic E-state index is 14.2. The van der Waals surface area contributed by atoms with Crippen molar-refractivity contribution in [2.75, 3.05) is 13.1 Å². The fraction of sp³-hybridized carbons (Fsp3) is 0.294. The van der Waals surface area contributed by atoms with E-state index in [9.17, 15) is 9.59 Å². The van der Waals surface area contributed by atoms with Crippen LogP contribution in [0.2, 0.25) is 0 Å². The Labute approximate surface area is 259 Å². The molecule has 1 aromatic heterocycles. The van der Waals surface area contributed by atoms with Gasteiger partial charge in [0.15, 0.2) is 5.11 Å². The monoisotopic (exact) mass is 596 g/mol. The van der Waals surface area contributed by atoms with Gasteiger partial charge in [0, 0.05) is 43.4 Å². The van der Waals surface area contributed by atoms with Crippen molar-refractivity contribution in [3.63, 3.8) is 0 Å². The van der Waals surface area contributed by atoms with Gasteiger partial charge in [-0.2, -0.15) is 0 Å². The summed E-state index contributed by atoms with van der Waals surface area (Å²) in [6, 6.07) is 27.2. The Bertz CT molecular complexity index is 1460. The minimum atomic E-state index is -0.727. The first-order valence-corrected chi connectivity index (χ1v) is 14.8. The molecule has 0 fully saturated rings. The van der Waals surface area contributed by atoms with Gasteiger partial charge in [-0.1, -0.05) is 104 Å². The van der Waals surface area contributed by atoms with Crippen LogP contribution in [0, 0.1) is 6.92 Å². The molecule has 0 aliphatic rings. The van der Waals surface area contributed by atoms with Crippen LogP contribution in [0.4, 0.5) is 0 Å². The molecule has 0 bridgehead atoms. The molecular weight excluding hydrogens is 556 g/mol. The number of amides is 2. The number of hydrogen-bond donors (Lipinski definition) is 4. The second-order valence-corrected chi connectivity index (χ2v) is 11.8. The number of nitrogens with zero attached hydrogens (tertiary/aromatic N) is 2. The zero-order chi connectivity index (χ0) is 30.7. The third kappa shape index (κ3) is 9.78. The van der Waals surface area contributed by atoms with Gasteiger partial charge in [0.05, 0.1) is 12.9 Å². The predicted molar refractivity (Wildman–Crippen MR) is 174 cm³/mol. The van der Waals surface area contributed by atoms with Crippen LogP contribution in [0.5, 0.6) is 0 Å². The second-order valence-electron chi connectivity index (χ2n) is 11.4. The Balaban J connectivity index is 1.49. The van der Waals surface area contributed by atoms with Gasteiger partial charge in [-0.05, 0) is 35.8 Å². The number of H-pyrrole nitrogens is 1. The fourth-order valence-corrected chi connectivity index (χ4v) is 4.90. The standard InChI is InChI=1S/C34H40N6O2S/c1-25-14-16-27(17-15-25)21-40(22-31(41)37-23-34(2,3)28-12-8-5-9-13-28)32(42)30(18-29-20-35-24-38-29)39-33(43)36-19-26-10-6-4-7-11-26/h4-17,20,24,30H,18-19,21-23H2,1-3H3,(H,35,38)(H,37,41)(H2,36,39,43)/t30-/m0/s1. The molecule has 43 heavy (non-hydrogen) atoms. The molecule has 0 spiro atoms. The molecule has 0 aliphatic heterocycles. The summed E-state index contributed by atoms with van der Waals surface area (Å²) in [5.41, 5.74) is 4.75. The van der Waals surface area contributed by atoms with Gasteiger partial charge < -0.3 is 25.8 Å². The number of aryl methyl sites for hydroxylation is 1. The molecule has 1 atom stereocenters. The van der Waals surface area contributed by atoms with Crippen LogP contribution in [-0.2, 0) is 34.5 Å². The van der Waals surface area contributed by atoms with Crippen LogP contribution in [-0.4, -0.2) is 50.9 Å². The predicted octanol–water partition coefficient (Wildman–Crippen LogP) is 4.42. The number of aromatic amines is 1. The molecule has 0 unspecified atom stereocenters. The van der Waals surface area contributed by atoms with E-state index >= 15 is 0 Å². The smallest absolute Gasteiger partial charge is 0.246 e. The molecule has 0 aliphatic carbocycles. The zero-order valence-electron chi connectivity index (χ0n) is 25.0. The van der Waals surface area contributed by atoms with Crippen molar-refractivity contribution in [1.82, 2.24) is 30.8 Å². The van der Waals surface area contributed by atoms with Crippen molar-refractivity contribution < 1.29 is 9.59 Å². The van der Waals surface area contributed by atoms with Gasteiger partial charge in [-0.3, -0.25) is 9.59 Å². The minimum absolute atomic E-state index is 0.0943. The SMILES string of the molecule is Cc1ccc(CN(CC(=O)NCC(C)(C)c2ccccc2)C(=O)[C@H](Cc2cnc[nH]2)NC(=S)NCc2ccccc2)cc1. The van der Waals surface area contributed by atoms with Crippen molar-refractivity contribution in [3.8, 4) is 0 Å². The average Bonchev–Trinajstić information content (AvgIpc) is 3.53. The quantitative estimate of drug-likeness (QED) is 0.171. The third-order valence-electron chi connectivity index (χ3n) is 7.30. The molecule has 9 heteroatoms. The minimum Gasteiger partial charge on any atom is -0.359 e. The summed E-state index contributed by atoms with van der Waals surface area (Å²) in [4.78, 5) is 36.3. The van der Waals surface area contributed by atoms with Gasteiger partial charge >= 0.3 is 0 Å².